The molecule has 3 rings (SSSR count). The van der Waals surface area contributed by atoms with Gasteiger partial charge >= 0.3 is 0 Å². The van der Waals surface area contributed by atoms with E-state index in [0.29, 0.717) is 0 Å². The first-order valence-corrected chi connectivity index (χ1v) is 6.39. The van der Waals surface area contributed by atoms with Gasteiger partial charge in [0.15, 0.2) is 0 Å². The number of benzene rings is 3. The van der Waals surface area contributed by atoms with Gasteiger partial charge in [-0.15, -0.1) is 0 Å². The molecule has 1 nitrogen and oxygen atoms in total. The van der Waals surface area contributed by atoms with E-state index in [9.17, 15) is 0 Å². The van der Waals surface area contributed by atoms with Crippen LogP contribution < -0.4 is 4.90 Å². The van der Waals surface area contributed by atoms with Gasteiger partial charge in [0.25, 0.3) is 0 Å². The molecule has 0 fully saturated rings. The zero-order valence-electron chi connectivity index (χ0n) is 11.0. The Hall–Kier alpha value is -2.28. The molecule has 0 spiro atoms. The van der Waals surface area contributed by atoms with Crippen LogP contribution in [0.25, 0.3) is 10.8 Å². The van der Waals surface area contributed by atoms with Crippen LogP contribution in [0.2, 0.25) is 0 Å². The summed E-state index contributed by atoms with van der Waals surface area (Å²) in [7, 11) is 2.10. The minimum atomic E-state index is 1.04. The Morgan fingerprint density at radius 3 is 2.26 bits per heavy atom. The van der Waals surface area contributed by atoms with Gasteiger partial charge in [-0.05, 0) is 36.1 Å². The fourth-order valence-electron chi connectivity index (χ4n) is 2.36. The molecule has 0 atom stereocenters. The third kappa shape index (κ3) is 2.19. The largest absolute Gasteiger partial charge is 0.344 e. The molecule has 1 heteroatoms. The highest BCUT2D eigenvalue weighted by Crippen LogP contribution is 2.30. The Balaban J connectivity index is 2.11. The van der Waals surface area contributed by atoms with E-state index in [2.05, 4.69) is 73.5 Å². The van der Waals surface area contributed by atoms with Crippen molar-refractivity contribution in [2.24, 2.45) is 0 Å². The van der Waals surface area contributed by atoms with Crippen LogP contribution in [-0.2, 0) is 0 Å². The Morgan fingerprint density at radius 2 is 1.47 bits per heavy atom. The number of rotatable bonds is 2. The topological polar surface area (TPSA) is 3.24 Å². The Bertz CT molecular complexity index is 693. The first-order chi connectivity index (χ1) is 9.25. The predicted octanol–water partition coefficient (Wildman–Crippen LogP) is 4.79. The van der Waals surface area contributed by atoms with Crippen LogP contribution in [-0.4, -0.2) is 7.05 Å². The quantitative estimate of drug-likeness (QED) is 0.628. The van der Waals surface area contributed by atoms with E-state index in [1.807, 2.05) is 12.1 Å². The highest BCUT2D eigenvalue weighted by Gasteiger charge is 2.07. The molecule has 0 saturated carbocycles. The average molecular weight is 246 g/mol. The van der Waals surface area contributed by atoms with Crippen LogP contribution in [0.4, 0.5) is 11.4 Å². The van der Waals surface area contributed by atoms with Gasteiger partial charge in [0, 0.05) is 23.8 Å². The van der Waals surface area contributed by atoms with Crippen LogP contribution in [0.3, 0.4) is 0 Å². The van der Waals surface area contributed by atoms with E-state index in [1.54, 1.807) is 0 Å². The standard InChI is InChI=1S/C18H16N/c1-14-10-12-16(13-11-14)19(2)18-9-5-7-15-6-3-4-8-17(15)18/h3-13H,1H2,2H3. The third-order valence-corrected chi connectivity index (χ3v) is 3.45. The summed E-state index contributed by atoms with van der Waals surface area (Å²) in [5, 5.41) is 2.53. The molecule has 0 saturated heterocycles. The van der Waals surface area contributed by atoms with E-state index in [4.69, 9.17) is 0 Å². The van der Waals surface area contributed by atoms with Gasteiger partial charge < -0.3 is 4.90 Å². The van der Waals surface area contributed by atoms with Crippen LogP contribution >= 0.6 is 0 Å². The first-order valence-electron chi connectivity index (χ1n) is 6.39. The van der Waals surface area contributed by atoms with Crippen molar-refractivity contribution >= 4 is 22.1 Å². The maximum atomic E-state index is 3.93. The molecule has 0 N–H and O–H groups in total. The molecule has 0 bridgehead atoms. The predicted molar refractivity (Wildman–Crippen MR) is 82.9 cm³/mol. The van der Waals surface area contributed by atoms with Crippen molar-refractivity contribution in [3.8, 4) is 0 Å². The Kier molecular flexibility index (Phi) is 2.96. The zero-order valence-corrected chi connectivity index (χ0v) is 11.0. The van der Waals surface area contributed by atoms with Crippen molar-refractivity contribution in [1.82, 2.24) is 0 Å². The summed E-state index contributed by atoms with van der Waals surface area (Å²) in [4.78, 5) is 2.21. The fourth-order valence-corrected chi connectivity index (χ4v) is 2.36. The van der Waals surface area contributed by atoms with E-state index in [0.717, 1.165) is 5.56 Å². The molecule has 0 aliphatic carbocycles. The van der Waals surface area contributed by atoms with Crippen LogP contribution in [0.15, 0.2) is 66.7 Å². The van der Waals surface area contributed by atoms with Crippen molar-refractivity contribution < 1.29 is 0 Å². The zero-order chi connectivity index (χ0) is 13.2. The molecule has 3 aromatic carbocycles. The lowest BCUT2D eigenvalue weighted by atomic mass is 10.1. The monoisotopic (exact) mass is 246 g/mol. The number of hydrogen-bond donors (Lipinski definition) is 0. The van der Waals surface area contributed by atoms with E-state index in [-0.39, 0.29) is 0 Å². The molecule has 1 radical (unpaired) electrons. The summed E-state index contributed by atoms with van der Waals surface area (Å²) in [5.41, 5.74) is 3.42. The van der Waals surface area contributed by atoms with Gasteiger partial charge in [0.2, 0.25) is 0 Å². The van der Waals surface area contributed by atoms with Gasteiger partial charge in [-0.3, -0.25) is 0 Å². The number of anilines is 2. The first kappa shape index (κ1) is 11.8. The minimum Gasteiger partial charge on any atom is -0.344 e. The molecule has 0 amide bonds. The van der Waals surface area contributed by atoms with Crippen molar-refractivity contribution in [2.45, 2.75) is 0 Å². The summed E-state index contributed by atoms with van der Waals surface area (Å²) in [6, 6.07) is 23.1. The summed E-state index contributed by atoms with van der Waals surface area (Å²) >= 11 is 0. The summed E-state index contributed by atoms with van der Waals surface area (Å²) in [6.07, 6.45) is 0. The summed E-state index contributed by atoms with van der Waals surface area (Å²) in [5.74, 6) is 0. The number of fused-ring (bicyclic) bond motifs is 1. The van der Waals surface area contributed by atoms with Gasteiger partial charge in [-0.2, -0.15) is 0 Å². The van der Waals surface area contributed by atoms with Gasteiger partial charge in [-0.25, -0.2) is 0 Å². The lowest BCUT2D eigenvalue weighted by Crippen LogP contribution is -2.09. The maximum absolute atomic E-state index is 3.93. The van der Waals surface area contributed by atoms with Crippen LogP contribution in [0.1, 0.15) is 5.56 Å². The van der Waals surface area contributed by atoms with Crippen molar-refractivity contribution in [3.63, 3.8) is 0 Å². The van der Waals surface area contributed by atoms with E-state index >= 15 is 0 Å². The summed E-state index contributed by atoms with van der Waals surface area (Å²) in [6.45, 7) is 3.93. The fraction of sp³-hybridized carbons (Fsp3) is 0.0556. The highest BCUT2D eigenvalue weighted by atomic mass is 15.1. The molecule has 0 aliphatic heterocycles. The Labute approximate surface area is 114 Å². The van der Waals surface area contributed by atoms with Crippen LogP contribution in [0, 0.1) is 6.92 Å². The molecule has 0 aromatic heterocycles. The third-order valence-electron chi connectivity index (χ3n) is 3.45. The maximum Gasteiger partial charge on any atom is 0.0487 e. The van der Waals surface area contributed by atoms with Gasteiger partial charge in [0.05, 0.1) is 0 Å². The smallest absolute Gasteiger partial charge is 0.0487 e. The second-order valence-corrected chi connectivity index (χ2v) is 4.72. The molecular weight excluding hydrogens is 230 g/mol. The second kappa shape index (κ2) is 4.77. The highest BCUT2D eigenvalue weighted by molar-refractivity contribution is 5.95. The number of hydrogen-bond acceptors (Lipinski definition) is 1. The van der Waals surface area contributed by atoms with Crippen LogP contribution in [0.5, 0.6) is 0 Å². The molecule has 93 valence electrons. The SMILES string of the molecule is [CH2]c1ccc(N(C)c2cccc3ccccc23)cc1. The Morgan fingerprint density at radius 1 is 0.789 bits per heavy atom. The summed E-state index contributed by atoms with van der Waals surface area (Å²) < 4.78 is 0. The van der Waals surface area contributed by atoms with Crippen molar-refractivity contribution in [1.29, 1.82) is 0 Å². The van der Waals surface area contributed by atoms with E-state index < -0.39 is 0 Å². The molecule has 19 heavy (non-hydrogen) atoms. The lowest BCUT2D eigenvalue weighted by molar-refractivity contribution is 1.22. The van der Waals surface area contributed by atoms with Crippen molar-refractivity contribution in [2.75, 3.05) is 11.9 Å². The normalized spacial score (nSPS) is 10.6. The average Bonchev–Trinajstić information content (AvgIpc) is 2.47. The second-order valence-electron chi connectivity index (χ2n) is 4.72. The van der Waals surface area contributed by atoms with Crippen molar-refractivity contribution in [3.05, 3.63) is 79.2 Å². The molecule has 0 unspecified atom stereocenters. The lowest BCUT2D eigenvalue weighted by Gasteiger charge is -2.21. The number of nitrogens with zero attached hydrogens (tertiary/aromatic N) is 1. The molecule has 0 aliphatic rings. The molecule has 0 heterocycles. The van der Waals surface area contributed by atoms with Gasteiger partial charge in [0.1, 0.15) is 0 Å². The van der Waals surface area contributed by atoms with E-state index in [1.165, 1.54) is 22.1 Å². The molecule has 3 aromatic rings. The van der Waals surface area contributed by atoms with Gasteiger partial charge in [-0.1, -0.05) is 48.5 Å². The molecular formula is C18H16N. The minimum absolute atomic E-state index is 1.04.